The van der Waals surface area contributed by atoms with E-state index in [0.29, 0.717) is 73.5 Å². The summed E-state index contributed by atoms with van der Waals surface area (Å²) in [6.07, 6.45) is 0. The number of amides is 3. The third-order valence-corrected chi connectivity index (χ3v) is 5.76. The molecule has 10 nitrogen and oxygen atoms in total. The minimum Gasteiger partial charge on any atom is -0.497 e. The molecule has 1 aliphatic rings. The molecule has 0 unspecified atom stereocenters. The van der Waals surface area contributed by atoms with Gasteiger partial charge in [0.1, 0.15) is 11.5 Å². The largest absolute Gasteiger partial charge is 0.497 e. The van der Waals surface area contributed by atoms with E-state index in [2.05, 4.69) is 5.32 Å². The van der Waals surface area contributed by atoms with Gasteiger partial charge in [0.25, 0.3) is 11.8 Å². The number of nitrogens with one attached hydrogen (secondary N) is 1. The fourth-order valence-electron chi connectivity index (χ4n) is 3.87. The Morgan fingerprint density at radius 3 is 2.11 bits per heavy atom. The molecule has 1 N–H and O–H groups in total. The normalized spacial score (nSPS) is 13.1. The van der Waals surface area contributed by atoms with Crippen LogP contribution in [0.4, 0.5) is 0 Å². The highest BCUT2D eigenvalue weighted by Crippen LogP contribution is 2.29. The molecule has 0 radical (unpaired) electrons. The number of nitrogens with zero attached hydrogens (tertiary/aromatic N) is 2. The van der Waals surface area contributed by atoms with Gasteiger partial charge in [0.2, 0.25) is 5.91 Å². The van der Waals surface area contributed by atoms with E-state index in [-0.39, 0.29) is 24.3 Å². The minimum absolute atomic E-state index is 0.143. The fraction of sp³-hybridized carbons (Fsp3) is 0.423. The topological polar surface area (TPSA) is 107 Å². The van der Waals surface area contributed by atoms with Crippen molar-refractivity contribution in [2.24, 2.45) is 0 Å². The third kappa shape index (κ3) is 6.38. The Kier molecular flexibility index (Phi) is 9.38. The second-order valence-electron chi connectivity index (χ2n) is 7.95. The predicted molar refractivity (Wildman–Crippen MR) is 133 cm³/mol. The van der Waals surface area contributed by atoms with Crippen LogP contribution >= 0.6 is 0 Å². The van der Waals surface area contributed by atoms with E-state index in [1.807, 2.05) is 13.8 Å². The van der Waals surface area contributed by atoms with Crippen LogP contribution in [-0.4, -0.2) is 87.7 Å². The van der Waals surface area contributed by atoms with Gasteiger partial charge in [-0.05, 0) is 44.2 Å². The molecule has 194 valence electrons. The quantitative estimate of drug-likeness (QED) is 0.534. The van der Waals surface area contributed by atoms with Gasteiger partial charge in [-0.1, -0.05) is 0 Å². The molecule has 0 saturated carbocycles. The zero-order chi connectivity index (χ0) is 26.1. The van der Waals surface area contributed by atoms with E-state index in [1.54, 1.807) is 53.3 Å². The van der Waals surface area contributed by atoms with Gasteiger partial charge in [0, 0.05) is 37.8 Å². The summed E-state index contributed by atoms with van der Waals surface area (Å²) in [7, 11) is 3.05. The second kappa shape index (κ2) is 12.7. The average Bonchev–Trinajstić information content (AvgIpc) is 2.92. The Balaban J connectivity index is 1.53. The number of methoxy groups -OCH3 is 2. The SMILES string of the molecule is CCOc1ccc(C(=O)NCC(=O)N2CCN(C(=O)c3ccc(OC)cc3OC)CC2)cc1OCC. The lowest BCUT2D eigenvalue weighted by Crippen LogP contribution is -2.52. The van der Waals surface area contributed by atoms with Gasteiger partial charge in [0.15, 0.2) is 11.5 Å². The van der Waals surface area contributed by atoms with Crippen LogP contribution in [0.3, 0.4) is 0 Å². The lowest BCUT2D eigenvalue weighted by molar-refractivity contribution is -0.131. The van der Waals surface area contributed by atoms with Crippen LogP contribution in [0, 0.1) is 0 Å². The van der Waals surface area contributed by atoms with Gasteiger partial charge < -0.3 is 34.1 Å². The molecule has 1 fully saturated rings. The maximum Gasteiger partial charge on any atom is 0.257 e. The van der Waals surface area contributed by atoms with Crippen molar-refractivity contribution in [3.05, 3.63) is 47.5 Å². The highest BCUT2D eigenvalue weighted by Gasteiger charge is 2.27. The summed E-state index contributed by atoms with van der Waals surface area (Å²) in [5.74, 6) is 1.30. The molecule has 2 aromatic carbocycles. The number of hydrogen-bond donors (Lipinski definition) is 1. The first kappa shape index (κ1) is 26.7. The van der Waals surface area contributed by atoms with Crippen molar-refractivity contribution in [2.75, 3.05) is 60.2 Å². The lowest BCUT2D eigenvalue weighted by atomic mass is 10.1. The maximum absolute atomic E-state index is 13.0. The van der Waals surface area contributed by atoms with E-state index in [0.717, 1.165) is 0 Å². The number of piperazine rings is 1. The highest BCUT2D eigenvalue weighted by atomic mass is 16.5. The van der Waals surface area contributed by atoms with Crippen LogP contribution in [-0.2, 0) is 4.79 Å². The molecule has 0 aliphatic carbocycles. The number of benzene rings is 2. The standard InChI is InChI=1S/C26H33N3O7/c1-5-35-21-10-7-18(15-23(21)36-6-2)25(31)27-17-24(30)28-11-13-29(14-12-28)26(32)20-9-8-19(33-3)16-22(20)34-4/h7-10,15-16H,5-6,11-14,17H2,1-4H3,(H,27,31). The zero-order valence-electron chi connectivity index (χ0n) is 21.2. The Bertz CT molecular complexity index is 1080. The van der Waals surface area contributed by atoms with Gasteiger partial charge in [-0.25, -0.2) is 0 Å². The molecular formula is C26H33N3O7. The molecule has 0 bridgehead atoms. The van der Waals surface area contributed by atoms with Crippen LogP contribution in [0.15, 0.2) is 36.4 Å². The lowest BCUT2D eigenvalue weighted by Gasteiger charge is -2.35. The minimum atomic E-state index is -0.382. The smallest absolute Gasteiger partial charge is 0.257 e. The Morgan fingerprint density at radius 2 is 1.47 bits per heavy atom. The number of hydrogen-bond acceptors (Lipinski definition) is 7. The molecule has 36 heavy (non-hydrogen) atoms. The molecule has 3 rings (SSSR count). The predicted octanol–water partition coefficient (Wildman–Crippen LogP) is 2.22. The summed E-state index contributed by atoms with van der Waals surface area (Å²) >= 11 is 0. The van der Waals surface area contributed by atoms with Crippen molar-refractivity contribution in [3.63, 3.8) is 0 Å². The van der Waals surface area contributed by atoms with Gasteiger partial charge in [-0.3, -0.25) is 14.4 Å². The molecule has 0 aromatic heterocycles. The molecular weight excluding hydrogens is 466 g/mol. The van der Waals surface area contributed by atoms with Crippen molar-refractivity contribution in [2.45, 2.75) is 13.8 Å². The van der Waals surface area contributed by atoms with Crippen molar-refractivity contribution >= 4 is 17.7 Å². The van der Waals surface area contributed by atoms with E-state index >= 15 is 0 Å². The van der Waals surface area contributed by atoms with Crippen molar-refractivity contribution < 1.29 is 33.3 Å². The molecule has 3 amide bonds. The first-order valence-electron chi connectivity index (χ1n) is 11.9. The Morgan fingerprint density at radius 1 is 0.806 bits per heavy atom. The van der Waals surface area contributed by atoms with Crippen LogP contribution in [0.2, 0.25) is 0 Å². The molecule has 0 atom stereocenters. The molecule has 1 heterocycles. The van der Waals surface area contributed by atoms with Crippen molar-refractivity contribution in [1.82, 2.24) is 15.1 Å². The Labute approximate surface area is 211 Å². The number of rotatable bonds is 10. The van der Waals surface area contributed by atoms with Crippen LogP contribution in [0.1, 0.15) is 34.6 Å². The fourth-order valence-corrected chi connectivity index (χ4v) is 3.87. The molecule has 2 aromatic rings. The number of carbonyl (C=O) groups excluding carboxylic acids is 3. The van der Waals surface area contributed by atoms with E-state index < -0.39 is 0 Å². The first-order valence-corrected chi connectivity index (χ1v) is 11.9. The average molecular weight is 500 g/mol. The van der Waals surface area contributed by atoms with Crippen LogP contribution in [0.25, 0.3) is 0 Å². The highest BCUT2D eigenvalue weighted by molar-refractivity contribution is 5.98. The summed E-state index contributed by atoms with van der Waals surface area (Å²) < 4.78 is 21.6. The second-order valence-corrected chi connectivity index (χ2v) is 7.95. The van der Waals surface area contributed by atoms with Gasteiger partial charge in [0.05, 0.1) is 39.5 Å². The molecule has 0 spiro atoms. The summed E-state index contributed by atoms with van der Waals surface area (Å²) in [4.78, 5) is 41.6. The molecule has 10 heteroatoms. The van der Waals surface area contributed by atoms with Crippen LogP contribution in [0.5, 0.6) is 23.0 Å². The number of carbonyl (C=O) groups is 3. The first-order chi connectivity index (χ1) is 17.4. The number of ether oxygens (including phenoxy) is 4. The van der Waals surface area contributed by atoms with Crippen molar-refractivity contribution in [1.29, 1.82) is 0 Å². The zero-order valence-corrected chi connectivity index (χ0v) is 21.2. The Hall–Kier alpha value is -3.95. The third-order valence-electron chi connectivity index (χ3n) is 5.76. The molecule has 1 saturated heterocycles. The van der Waals surface area contributed by atoms with Crippen LogP contribution < -0.4 is 24.3 Å². The summed E-state index contributed by atoms with van der Waals surface area (Å²) in [5.41, 5.74) is 0.811. The summed E-state index contributed by atoms with van der Waals surface area (Å²) in [6.45, 7) is 5.99. The van der Waals surface area contributed by atoms with Crippen molar-refractivity contribution in [3.8, 4) is 23.0 Å². The van der Waals surface area contributed by atoms with E-state index in [4.69, 9.17) is 18.9 Å². The van der Waals surface area contributed by atoms with Gasteiger partial charge in [-0.15, -0.1) is 0 Å². The monoisotopic (exact) mass is 499 g/mol. The van der Waals surface area contributed by atoms with E-state index in [1.165, 1.54) is 7.11 Å². The maximum atomic E-state index is 13.0. The van der Waals surface area contributed by atoms with Gasteiger partial charge >= 0.3 is 0 Å². The molecule has 1 aliphatic heterocycles. The van der Waals surface area contributed by atoms with E-state index in [9.17, 15) is 14.4 Å². The summed E-state index contributed by atoms with van der Waals surface area (Å²) in [6, 6.07) is 9.96. The van der Waals surface area contributed by atoms with Gasteiger partial charge in [-0.2, -0.15) is 0 Å². The summed E-state index contributed by atoms with van der Waals surface area (Å²) in [5, 5.41) is 2.67.